The van der Waals surface area contributed by atoms with Gasteiger partial charge in [0.15, 0.2) is 0 Å². The Morgan fingerprint density at radius 2 is 2.00 bits per heavy atom. The van der Waals surface area contributed by atoms with Gasteiger partial charge >= 0.3 is 0 Å². The number of hydrogen-bond acceptors (Lipinski definition) is 1. The van der Waals surface area contributed by atoms with Crippen molar-refractivity contribution in [2.75, 3.05) is 14.1 Å². The van der Waals surface area contributed by atoms with Crippen LogP contribution >= 0.6 is 0 Å². The zero-order valence-corrected chi connectivity index (χ0v) is 9.90. The minimum atomic E-state index is -0.0527. The number of fused-ring (bicyclic) bond motifs is 2. The fourth-order valence-corrected chi connectivity index (χ4v) is 4.27. The molecule has 0 spiro atoms. The van der Waals surface area contributed by atoms with Crippen LogP contribution in [0, 0.1) is 11.8 Å². The SMILES string of the molecule is CCCC1CC2C(O)C(C)C1[N+]2(C)C. The maximum Gasteiger partial charge on any atom is 0.116 e. The molecule has 0 aliphatic carbocycles. The molecule has 0 aromatic rings. The topological polar surface area (TPSA) is 20.2 Å². The van der Waals surface area contributed by atoms with Crippen LogP contribution in [0.2, 0.25) is 0 Å². The lowest BCUT2D eigenvalue weighted by Crippen LogP contribution is -2.47. The average Bonchev–Trinajstić information content (AvgIpc) is 2.42. The molecule has 2 heteroatoms. The number of aliphatic hydroxyl groups excluding tert-OH is 1. The van der Waals surface area contributed by atoms with E-state index in [0.29, 0.717) is 18.0 Å². The average molecular weight is 198 g/mol. The second-order valence-corrected chi connectivity index (χ2v) is 5.82. The lowest BCUT2D eigenvalue weighted by atomic mass is 9.78. The largest absolute Gasteiger partial charge is 0.386 e. The molecule has 0 saturated carbocycles. The molecule has 2 bridgehead atoms. The van der Waals surface area contributed by atoms with Crippen LogP contribution in [0.4, 0.5) is 0 Å². The van der Waals surface area contributed by atoms with E-state index in [4.69, 9.17) is 0 Å². The Labute approximate surface area is 87.5 Å². The highest BCUT2D eigenvalue weighted by Crippen LogP contribution is 2.49. The normalized spacial score (nSPS) is 49.9. The molecule has 2 aliphatic rings. The maximum atomic E-state index is 10.1. The molecule has 0 amide bonds. The summed E-state index contributed by atoms with van der Waals surface area (Å²) in [6, 6.07) is 1.21. The lowest BCUT2D eigenvalue weighted by Gasteiger charge is -2.32. The summed E-state index contributed by atoms with van der Waals surface area (Å²) in [6.45, 7) is 4.50. The van der Waals surface area contributed by atoms with Crippen molar-refractivity contribution in [1.29, 1.82) is 0 Å². The molecule has 2 rings (SSSR count). The Balaban J connectivity index is 2.21. The number of aliphatic hydroxyl groups is 1. The third-order valence-corrected chi connectivity index (χ3v) is 4.78. The molecule has 2 nitrogen and oxygen atoms in total. The highest BCUT2D eigenvalue weighted by molar-refractivity contribution is 4.99. The van der Waals surface area contributed by atoms with Gasteiger partial charge in [0.25, 0.3) is 0 Å². The summed E-state index contributed by atoms with van der Waals surface area (Å²) in [5.41, 5.74) is 0. The number of likely N-dealkylation sites (N-methyl/N-ethyl adjacent to an activating group) is 1. The molecule has 5 atom stereocenters. The Morgan fingerprint density at radius 3 is 2.43 bits per heavy atom. The van der Waals surface area contributed by atoms with E-state index in [2.05, 4.69) is 27.9 Å². The van der Waals surface area contributed by atoms with Gasteiger partial charge in [-0.25, -0.2) is 0 Å². The van der Waals surface area contributed by atoms with E-state index in [9.17, 15) is 5.11 Å². The first-order valence-corrected chi connectivity index (χ1v) is 6.01. The van der Waals surface area contributed by atoms with Crippen molar-refractivity contribution < 1.29 is 9.59 Å². The van der Waals surface area contributed by atoms with Gasteiger partial charge in [-0.05, 0) is 6.42 Å². The molecule has 2 heterocycles. The highest BCUT2D eigenvalue weighted by atomic mass is 16.3. The zero-order valence-electron chi connectivity index (χ0n) is 9.90. The maximum absolute atomic E-state index is 10.1. The summed E-state index contributed by atoms with van der Waals surface area (Å²) in [6.07, 6.45) is 3.83. The Bertz CT molecular complexity index is 226. The van der Waals surface area contributed by atoms with E-state index in [0.717, 1.165) is 10.4 Å². The van der Waals surface area contributed by atoms with E-state index in [1.54, 1.807) is 0 Å². The van der Waals surface area contributed by atoms with Gasteiger partial charge < -0.3 is 9.59 Å². The Kier molecular flexibility index (Phi) is 2.39. The second-order valence-electron chi connectivity index (χ2n) is 5.82. The van der Waals surface area contributed by atoms with Gasteiger partial charge in [-0.3, -0.25) is 0 Å². The highest BCUT2D eigenvalue weighted by Gasteiger charge is 2.62. The van der Waals surface area contributed by atoms with Crippen molar-refractivity contribution >= 4 is 0 Å². The van der Waals surface area contributed by atoms with Crippen molar-refractivity contribution in [2.45, 2.75) is 51.3 Å². The fraction of sp³-hybridized carbons (Fsp3) is 1.00. The third kappa shape index (κ3) is 1.17. The van der Waals surface area contributed by atoms with Gasteiger partial charge in [-0.2, -0.15) is 0 Å². The van der Waals surface area contributed by atoms with Gasteiger partial charge in [0.2, 0.25) is 0 Å². The molecule has 0 aromatic carbocycles. The smallest absolute Gasteiger partial charge is 0.116 e. The van der Waals surface area contributed by atoms with Crippen LogP contribution in [0.25, 0.3) is 0 Å². The van der Waals surface area contributed by atoms with Gasteiger partial charge in [-0.1, -0.05) is 20.3 Å². The molecule has 82 valence electrons. The van der Waals surface area contributed by atoms with Crippen molar-refractivity contribution in [3.05, 3.63) is 0 Å². The van der Waals surface area contributed by atoms with Crippen LogP contribution in [0.3, 0.4) is 0 Å². The predicted molar refractivity (Wildman–Crippen MR) is 57.9 cm³/mol. The second kappa shape index (κ2) is 3.21. The number of nitrogens with zero attached hydrogens (tertiary/aromatic N) is 1. The molecular weight excluding hydrogens is 174 g/mol. The standard InChI is InChI=1S/C12H24NO/c1-5-6-9-7-10-12(14)8(2)11(9)13(10,3)4/h8-12,14H,5-7H2,1-4H3/q+1. The molecule has 0 aromatic heterocycles. The van der Waals surface area contributed by atoms with Gasteiger partial charge in [0.1, 0.15) is 12.1 Å². The molecule has 0 radical (unpaired) electrons. The van der Waals surface area contributed by atoms with E-state index < -0.39 is 0 Å². The number of rotatable bonds is 2. The van der Waals surface area contributed by atoms with Gasteiger partial charge in [0.05, 0.1) is 20.1 Å². The summed E-state index contributed by atoms with van der Waals surface area (Å²) < 4.78 is 1.06. The summed E-state index contributed by atoms with van der Waals surface area (Å²) in [7, 11) is 4.61. The molecule has 2 saturated heterocycles. The summed E-state index contributed by atoms with van der Waals surface area (Å²) in [4.78, 5) is 0. The van der Waals surface area contributed by atoms with Crippen LogP contribution in [0.1, 0.15) is 33.1 Å². The van der Waals surface area contributed by atoms with Crippen molar-refractivity contribution in [3.63, 3.8) is 0 Å². The summed E-state index contributed by atoms with van der Waals surface area (Å²) in [5.74, 6) is 1.36. The minimum absolute atomic E-state index is 0.0527. The van der Waals surface area contributed by atoms with E-state index in [1.807, 2.05) is 0 Å². The Hall–Kier alpha value is -0.0800. The molecular formula is C12H24NO+. The van der Waals surface area contributed by atoms with Crippen molar-refractivity contribution in [2.24, 2.45) is 11.8 Å². The predicted octanol–water partition coefficient (Wildman–Crippen LogP) is 1.63. The summed E-state index contributed by atoms with van der Waals surface area (Å²) in [5, 5.41) is 10.1. The van der Waals surface area contributed by atoms with E-state index in [-0.39, 0.29) is 6.10 Å². The zero-order chi connectivity index (χ0) is 10.5. The van der Waals surface area contributed by atoms with Crippen LogP contribution in [0.5, 0.6) is 0 Å². The Morgan fingerprint density at radius 1 is 1.36 bits per heavy atom. The van der Waals surface area contributed by atoms with Crippen LogP contribution in [0.15, 0.2) is 0 Å². The van der Waals surface area contributed by atoms with Crippen LogP contribution in [-0.4, -0.2) is 41.9 Å². The van der Waals surface area contributed by atoms with Gasteiger partial charge in [-0.15, -0.1) is 0 Å². The van der Waals surface area contributed by atoms with Gasteiger partial charge in [0, 0.05) is 18.3 Å². The fourth-order valence-electron chi connectivity index (χ4n) is 4.27. The third-order valence-electron chi connectivity index (χ3n) is 4.78. The first kappa shape index (κ1) is 10.4. The van der Waals surface area contributed by atoms with E-state index in [1.165, 1.54) is 19.3 Å². The quantitative estimate of drug-likeness (QED) is 0.669. The van der Waals surface area contributed by atoms with Crippen molar-refractivity contribution in [1.82, 2.24) is 0 Å². The first-order valence-electron chi connectivity index (χ1n) is 6.01. The molecule has 1 N–H and O–H groups in total. The first-order chi connectivity index (χ1) is 6.50. The monoisotopic (exact) mass is 198 g/mol. The number of quaternary nitrogens is 1. The van der Waals surface area contributed by atoms with E-state index >= 15 is 0 Å². The molecule has 5 unspecified atom stereocenters. The molecule has 14 heavy (non-hydrogen) atoms. The molecule has 2 aliphatic heterocycles. The summed E-state index contributed by atoms with van der Waals surface area (Å²) >= 11 is 0. The molecule has 2 fully saturated rings. The van der Waals surface area contributed by atoms with Crippen molar-refractivity contribution in [3.8, 4) is 0 Å². The minimum Gasteiger partial charge on any atom is -0.386 e. The van der Waals surface area contributed by atoms with Crippen LogP contribution < -0.4 is 0 Å². The number of hydrogen-bond donors (Lipinski definition) is 1. The van der Waals surface area contributed by atoms with Crippen LogP contribution in [-0.2, 0) is 0 Å². The lowest BCUT2D eigenvalue weighted by molar-refractivity contribution is -0.916.